The molecule has 1 atom stereocenters. The molecule has 1 heteroatoms. The lowest BCUT2D eigenvalue weighted by Crippen LogP contribution is -2.26. The molecule has 0 bridgehead atoms. The summed E-state index contributed by atoms with van der Waals surface area (Å²) in [5.74, 6) is 0. The van der Waals surface area contributed by atoms with Crippen molar-refractivity contribution in [2.75, 3.05) is 6.61 Å². The molecule has 0 fully saturated rings. The van der Waals surface area contributed by atoms with E-state index in [1.165, 1.54) is 16.3 Å². The number of rotatable bonds is 4. The van der Waals surface area contributed by atoms with Gasteiger partial charge >= 0.3 is 0 Å². The van der Waals surface area contributed by atoms with Crippen molar-refractivity contribution in [3.8, 4) is 0 Å². The number of ether oxygens (including phenoxy) is 1. The summed E-state index contributed by atoms with van der Waals surface area (Å²) < 4.78 is 5.96. The summed E-state index contributed by atoms with van der Waals surface area (Å²) in [4.78, 5) is 0. The molecule has 0 saturated carbocycles. The van der Waals surface area contributed by atoms with Crippen molar-refractivity contribution in [2.45, 2.75) is 40.2 Å². The first-order chi connectivity index (χ1) is 8.98. The lowest BCUT2D eigenvalue weighted by molar-refractivity contribution is -0.00309. The van der Waals surface area contributed by atoms with Crippen molar-refractivity contribution < 1.29 is 4.74 Å². The third-order valence-electron chi connectivity index (χ3n) is 3.84. The Bertz CT molecular complexity index is 531. The molecular formula is C18H24O. The highest BCUT2D eigenvalue weighted by atomic mass is 16.5. The van der Waals surface area contributed by atoms with E-state index in [9.17, 15) is 0 Å². The predicted molar refractivity (Wildman–Crippen MR) is 82.5 cm³/mol. The Morgan fingerprint density at radius 2 is 1.68 bits per heavy atom. The van der Waals surface area contributed by atoms with Crippen LogP contribution < -0.4 is 0 Å². The Kier molecular flexibility index (Phi) is 4.26. The molecule has 0 heterocycles. The van der Waals surface area contributed by atoms with Crippen LogP contribution >= 0.6 is 0 Å². The van der Waals surface area contributed by atoms with Gasteiger partial charge in [-0.15, -0.1) is 0 Å². The average Bonchev–Trinajstić information content (AvgIpc) is 2.38. The maximum atomic E-state index is 5.96. The number of hydrogen-bond donors (Lipinski definition) is 0. The summed E-state index contributed by atoms with van der Waals surface area (Å²) >= 11 is 0. The van der Waals surface area contributed by atoms with E-state index in [1.54, 1.807) is 0 Å². The standard InChI is InChI=1S/C18H24O/c1-14(18(2,3)4)19-13-12-16-10-7-9-15-8-5-6-11-17(15)16/h5-11,14H,12-13H2,1-4H3. The molecule has 0 aliphatic rings. The fourth-order valence-electron chi connectivity index (χ4n) is 2.11. The molecule has 0 radical (unpaired) electrons. The Balaban J connectivity index is 2.03. The van der Waals surface area contributed by atoms with Crippen LogP contribution in [0.15, 0.2) is 42.5 Å². The zero-order valence-corrected chi connectivity index (χ0v) is 12.4. The van der Waals surface area contributed by atoms with Crippen LogP contribution in [-0.4, -0.2) is 12.7 Å². The second-order valence-electron chi connectivity index (χ2n) is 6.27. The van der Waals surface area contributed by atoms with Gasteiger partial charge in [-0.2, -0.15) is 0 Å². The minimum absolute atomic E-state index is 0.207. The SMILES string of the molecule is CC(OCCc1cccc2ccccc12)C(C)(C)C. The second-order valence-corrected chi connectivity index (χ2v) is 6.27. The van der Waals surface area contributed by atoms with Gasteiger partial charge in [-0.3, -0.25) is 0 Å². The Labute approximate surface area is 116 Å². The highest BCUT2D eigenvalue weighted by molar-refractivity contribution is 5.85. The zero-order chi connectivity index (χ0) is 13.9. The maximum absolute atomic E-state index is 5.96. The van der Waals surface area contributed by atoms with Crippen LogP contribution in [0.25, 0.3) is 10.8 Å². The van der Waals surface area contributed by atoms with Crippen LogP contribution in [0.4, 0.5) is 0 Å². The summed E-state index contributed by atoms with van der Waals surface area (Å²) in [5.41, 5.74) is 1.58. The third-order valence-corrected chi connectivity index (χ3v) is 3.84. The molecule has 0 N–H and O–H groups in total. The highest BCUT2D eigenvalue weighted by Gasteiger charge is 2.20. The first kappa shape index (κ1) is 14.1. The lowest BCUT2D eigenvalue weighted by atomic mass is 9.90. The van der Waals surface area contributed by atoms with Gasteiger partial charge in [0.2, 0.25) is 0 Å². The molecule has 1 unspecified atom stereocenters. The van der Waals surface area contributed by atoms with Crippen molar-refractivity contribution in [3.63, 3.8) is 0 Å². The van der Waals surface area contributed by atoms with Crippen LogP contribution in [0.3, 0.4) is 0 Å². The highest BCUT2D eigenvalue weighted by Crippen LogP contribution is 2.23. The van der Waals surface area contributed by atoms with Gasteiger partial charge in [0.15, 0.2) is 0 Å². The molecule has 0 aromatic heterocycles. The molecule has 102 valence electrons. The minimum Gasteiger partial charge on any atom is -0.378 e. The van der Waals surface area contributed by atoms with Gasteiger partial charge in [-0.1, -0.05) is 63.2 Å². The molecule has 0 aliphatic carbocycles. The monoisotopic (exact) mass is 256 g/mol. The summed E-state index contributed by atoms with van der Waals surface area (Å²) in [6, 6.07) is 15.0. The van der Waals surface area contributed by atoms with E-state index in [2.05, 4.69) is 70.2 Å². The molecule has 2 rings (SSSR count). The van der Waals surface area contributed by atoms with E-state index in [-0.39, 0.29) is 11.5 Å². The molecular weight excluding hydrogens is 232 g/mol. The Hall–Kier alpha value is -1.34. The predicted octanol–water partition coefficient (Wildman–Crippen LogP) is 4.83. The normalized spacial score (nSPS) is 13.7. The van der Waals surface area contributed by atoms with Crippen molar-refractivity contribution in [1.29, 1.82) is 0 Å². The van der Waals surface area contributed by atoms with Crippen LogP contribution in [0.5, 0.6) is 0 Å². The van der Waals surface area contributed by atoms with Gasteiger partial charge in [0.25, 0.3) is 0 Å². The minimum atomic E-state index is 0.207. The van der Waals surface area contributed by atoms with Crippen LogP contribution in [0.1, 0.15) is 33.3 Å². The number of benzene rings is 2. The van der Waals surface area contributed by atoms with E-state index in [1.807, 2.05) is 0 Å². The Morgan fingerprint density at radius 1 is 1.00 bits per heavy atom. The van der Waals surface area contributed by atoms with Crippen molar-refractivity contribution in [1.82, 2.24) is 0 Å². The van der Waals surface area contributed by atoms with E-state index in [0.717, 1.165) is 13.0 Å². The molecule has 1 nitrogen and oxygen atoms in total. The largest absolute Gasteiger partial charge is 0.378 e. The van der Waals surface area contributed by atoms with E-state index in [4.69, 9.17) is 4.74 Å². The molecule has 0 spiro atoms. The summed E-state index contributed by atoms with van der Waals surface area (Å²) in [6.45, 7) is 9.59. The summed E-state index contributed by atoms with van der Waals surface area (Å²) in [5, 5.41) is 2.65. The van der Waals surface area contributed by atoms with Gasteiger partial charge in [-0.25, -0.2) is 0 Å². The maximum Gasteiger partial charge on any atom is 0.0595 e. The fourth-order valence-corrected chi connectivity index (χ4v) is 2.11. The van der Waals surface area contributed by atoms with Crippen molar-refractivity contribution in [3.05, 3.63) is 48.0 Å². The molecule has 0 saturated heterocycles. The number of hydrogen-bond acceptors (Lipinski definition) is 1. The fraction of sp³-hybridized carbons (Fsp3) is 0.444. The first-order valence-corrected chi connectivity index (χ1v) is 7.07. The van der Waals surface area contributed by atoms with Gasteiger partial charge in [-0.05, 0) is 35.1 Å². The summed E-state index contributed by atoms with van der Waals surface area (Å²) in [7, 11) is 0. The molecule has 0 aliphatic heterocycles. The lowest BCUT2D eigenvalue weighted by Gasteiger charge is -2.27. The van der Waals surface area contributed by atoms with Crippen LogP contribution in [-0.2, 0) is 11.2 Å². The van der Waals surface area contributed by atoms with Crippen LogP contribution in [0, 0.1) is 5.41 Å². The quantitative estimate of drug-likeness (QED) is 0.761. The third kappa shape index (κ3) is 3.57. The smallest absolute Gasteiger partial charge is 0.0595 e. The van der Waals surface area contributed by atoms with E-state index >= 15 is 0 Å². The Morgan fingerprint density at radius 3 is 2.42 bits per heavy atom. The van der Waals surface area contributed by atoms with E-state index < -0.39 is 0 Å². The van der Waals surface area contributed by atoms with E-state index in [0.29, 0.717) is 0 Å². The summed E-state index contributed by atoms with van der Waals surface area (Å²) in [6.07, 6.45) is 1.25. The molecule has 2 aromatic rings. The van der Waals surface area contributed by atoms with Crippen molar-refractivity contribution in [2.24, 2.45) is 5.41 Å². The topological polar surface area (TPSA) is 9.23 Å². The zero-order valence-electron chi connectivity index (χ0n) is 12.4. The first-order valence-electron chi connectivity index (χ1n) is 7.07. The second kappa shape index (κ2) is 5.75. The molecule has 0 amide bonds. The number of fused-ring (bicyclic) bond motifs is 1. The van der Waals surface area contributed by atoms with Gasteiger partial charge in [0.1, 0.15) is 0 Å². The molecule has 2 aromatic carbocycles. The van der Waals surface area contributed by atoms with Crippen LogP contribution in [0.2, 0.25) is 0 Å². The molecule has 19 heavy (non-hydrogen) atoms. The van der Waals surface area contributed by atoms with Gasteiger partial charge in [0, 0.05) is 0 Å². The van der Waals surface area contributed by atoms with Gasteiger partial charge < -0.3 is 4.74 Å². The average molecular weight is 256 g/mol. The van der Waals surface area contributed by atoms with Gasteiger partial charge in [0.05, 0.1) is 12.7 Å². The van der Waals surface area contributed by atoms with Crippen molar-refractivity contribution >= 4 is 10.8 Å².